The van der Waals surface area contributed by atoms with Gasteiger partial charge in [0.25, 0.3) is 0 Å². The van der Waals surface area contributed by atoms with Crippen molar-refractivity contribution in [2.45, 2.75) is 63.7 Å². The lowest BCUT2D eigenvalue weighted by Crippen LogP contribution is -2.60. The van der Waals surface area contributed by atoms with E-state index in [1.54, 1.807) is 85.3 Å². The van der Waals surface area contributed by atoms with Crippen molar-refractivity contribution in [1.29, 1.82) is 0 Å². The van der Waals surface area contributed by atoms with Crippen molar-refractivity contribution in [2.75, 3.05) is 85.3 Å². The average Bonchev–Trinajstić information content (AvgIpc) is 3.25. The lowest BCUT2D eigenvalue weighted by Gasteiger charge is -2.37. The average molecular weight is 929 g/mol. The van der Waals surface area contributed by atoms with Gasteiger partial charge in [0, 0.05) is 85.4 Å². The first-order valence-electron chi connectivity index (χ1n) is 20.4. The Labute approximate surface area is 375 Å². The molecule has 4 aromatic carbocycles. The molecule has 0 radical (unpaired) electrons. The van der Waals surface area contributed by atoms with Gasteiger partial charge in [0.2, 0.25) is 0 Å². The van der Waals surface area contributed by atoms with E-state index in [2.05, 4.69) is 52.4 Å². The molecule has 16 heteroatoms. The molecule has 0 spiro atoms. The molecule has 0 aromatic heterocycles. The van der Waals surface area contributed by atoms with Gasteiger partial charge in [-0.25, -0.2) is 0 Å². The Kier molecular flexibility index (Phi) is 18.0. The Hall–Kier alpha value is -4.65. The Morgan fingerprint density at radius 3 is 0.500 bits per heavy atom. The highest BCUT2D eigenvalue weighted by Gasteiger charge is 2.47. The highest BCUT2D eigenvalue weighted by atomic mass is 28.4. The summed E-state index contributed by atoms with van der Waals surface area (Å²) in [5, 5.41) is 4.29. The maximum absolute atomic E-state index is 5.89. The summed E-state index contributed by atoms with van der Waals surface area (Å²) < 4.78 is 69.1. The Morgan fingerprint density at radius 2 is 0.403 bits per heavy atom. The molecule has 0 heterocycles. The van der Waals surface area contributed by atoms with Crippen LogP contribution in [0.1, 0.15) is 0 Å². The summed E-state index contributed by atoms with van der Waals surface area (Å²) in [6.45, 7) is 18.9. The summed E-state index contributed by atoms with van der Waals surface area (Å²) in [6, 6.07) is 15.4. The molecule has 0 bridgehead atoms. The van der Waals surface area contributed by atoms with E-state index in [9.17, 15) is 0 Å². The molecule has 0 fully saturated rings. The fourth-order valence-electron chi connectivity index (χ4n) is 8.92. The molecule has 12 nitrogen and oxygen atoms in total. The van der Waals surface area contributed by atoms with E-state index in [0.717, 1.165) is 78.1 Å². The second-order valence-corrected chi connectivity index (χ2v) is 38.2. The number of rotatable bonds is 20. The molecule has 0 saturated heterocycles. The van der Waals surface area contributed by atoms with Crippen LogP contribution in [0.5, 0.6) is 69.0 Å². The number of hydrogen-bond donors (Lipinski definition) is 0. The smallest absolute Gasteiger partial charge is 0.132 e. The van der Waals surface area contributed by atoms with Gasteiger partial charge in [-0.05, 0) is 0 Å². The summed E-state index contributed by atoms with van der Waals surface area (Å²) in [5.41, 5.74) is 2.08. The molecule has 344 valence electrons. The van der Waals surface area contributed by atoms with E-state index < -0.39 is 32.3 Å². The Balaban J connectivity index is 0.000000330. The number of benzene rings is 4. The minimum absolute atomic E-state index is 0.690. The lowest BCUT2D eigenvalue weighted by atomic mass is 10.3. The van der Waals surface area contributed by atoms with Gasteiger partial charge >= 0.3 is 0 Å². The third-order valence-corrected chi connectivity index (χ3v) is 31.4. The fraction of sp³-hybridized carbons (Fsp3) is 0.478. The molecule has 0 aliphatic rings. The zero-order chi connectivity index (χ0) is 46.8. The lowest BCUT2D eigenvalue weighted by molar-refractivity contribution is 0.377. The molecule has 62 heavy (non-hydrogen) atoms. The maximum Gasteiger partial charge on any atom is 0.132 e. The van der Waals surface area contributed by atoms with Crippen molar-refractivity contribution in [3.63, 3.8) is 0 Å². The first kappa shape index (κ1) is 51.7. The van der Waals surface area contributed by atoms with E-state index in [0.29, 0.717) is 23.0 Å². The Morgan fingerprint density at radius 1 is 0.258 bits per heavy atom. The molecule has 4 rings (SSSR count). The molecule has 0 aliphatic heterocycles. The van der Waals surface area contributed by atoms with Crippen molar-refractivity contribution in [3.8, 4) is 69.0 Å². The molecular weight excluding hydrogens is 857 g/mol. The second kappa shape index (κ2) is 21.6. The monoisotopic (exact) mass is 928 g/mol. The Bertz CT molecular complexity index is 1740. The highest BCUT2D eigenvalue weighted by molar-refractivity contribution is 7.11. The van der Waals surface area contributed by atoms with Crippen molar-refractivity contribution in [2.24, 2.45) is 0 Å². The SMILES string of the molecule is COc1cc(OC)c([Si](C)(C[Si](C)(C)C)c2c(OC)cc(OC)cc2OC)c(OC)c1.COc1cc(OC)c([Si](C)(C[Si](C)(C)C)c2c(OC)cc(OC)cc2OC)c(OC)c1. The first-order valence-corrected chi connectivity index (χ1v) is 33.2. The van der Waals surface area contributed by atoms with Crippen LogP contribution < -0.4 is 77.6 Å². The summed E-state index contributed by atoms with van der Waals surface area (Å²) in [6.07, 6.45) is 0. The van der Waals surface area contributed by atoms with E-state index in [4.69, 9.17) is 56.8 Å². The fourth-order valence-corrected chi connectivity index (χ4v) is 35.0. The van der Waals surface area contributed by atoms with Crippen LogP contribution >= 0.6 is 0 Å². The molecule has 4 aromatic rings. The van der Waals surface area contributed by atoms with E-state index in [1.165, 1.54) is 0 Å². The van der Waals surface area contributed by atoms with Crippen LogP contribution in [0, 0.1) is 0 Å². The molecule has 0 N–H and O–H groups in total. The van der Waals surface area contributed by atoms with Gasteiger partial charge in [-0.2, -0.15) is 0 Å². The maximum atomic E-state index is 5.89. The van der Waals surface area contributed by atoms with E-state index in [1.807, 2.05) is 48.5 Å². The van der Waals surface area contributed by atoms with Gasteiger partial charge in [0.15, 0.2) is 0 Å². The predicted octanol–water partition coefficient (Wildman–Crippen LogP) is 7.62. The van der Waals surface area contributed by atoms with Crippen molar-refractivity contribution in [3.05, 3.63) is 48.5 Å². The number of hydrogen-bond acceptors (Lipinski definition) is 12. The van der Waals surface area contributed by atoms with E-state index >= 15 is 0 Å². The molecule has 0 atom stereocenters. The van der Waals surface area contributed by atoms with Gasteiger partial charge in [-0.15, -0.1) is 0 Å². The van der Waals surface area contributed by atoms with Crippen LogP contribution in [0.25, 0.3) is 0 Å². The first-order chi connectivity index (χ1) is 29.2. The summed E-state index contributed by atoms with van der Waals surface area (Å²) >= 11 is 0. The predicted molar refractivity (Wildman–Crippen MR) is 262 cm³/mol. The van der Waals surface area contributed by atoms with Crippen LogP contribution in [0.4, 0.5) is 0 Å². The quantitative estimate of drug-likeness (QED) is 0.0814. The molecule has 0 unspecified atom stereocenters. The summed E-state index contributed by atoms with van der Waals surface area (Å²) in [5.74, 6) is 8.79. The molecule has 0 aliphatic carbocycles. The van der Waals surface area contributed by atoms with Crippen molar-refractivity contribution < 1.29 is 56.8 Å². The van der Waals surface area contributed by atoms with Crippen molar-refractivity contribution >= 4 is 53.0 Å². The largest absolute Gasteiger partial charge is 0.497 e. The second-order valence-electron chi connectivity index (χ2n) is 17.8. The minimum atomic E-state index is -2.52. The highest BCUT2D eigenvalue weighted by Crippen LogP contribution is 2.39. The van der Waals surface area contributed by atoms with Gasteiger partial charge in [-0.3, -0.25) is 0 Å². The normalized spacial score (nSPS) is 11.7. The van der Waals surface area contributed by atoms with Crippen LogP contribution in [0.3, 0.4) is 0 Å². The van der Waals surface area contributed by atoms with Crippen LogP contribution in [-0.4, -0.2) is 118 Å². The molecule has 0 amide bonds. The van der Waals surface area contributed by atoms with E-state index in [-0.39, 0.29) is 0 Å². The van der Waals surface area contributed by atoms with Gasteiger partial charge < -0.3 is 56.8 Å². The van der Waals surface area contributed by atoms with Gasteiger partial charge in [-0.1, -0.05) is 63.7 Å². The zero-order valence-corrected chi connectivity index (χ0v) is 44.9. The summed E-state index contributed by atoms with van der Waals surface area (Å²) in [7, 11) is 11.9. The minimum Gasteiger partial charge on any atom is -0.497 e. The molecule has 0 saturated carbocycles. The number of methoxy groups -OCH3 is 12. The van der Waals surface area contributed by atoms with Crippen LogP contribution in [0.15, 0.2) is 48.5 Å². The van der Waals surface area contributed by atoms with Gasteiger partial charge in [0.1, 0.15) is 85.1 Å². The standard InChI is InChI=1S/2C23H36O6Si2/c2*1-24-16-11-18(26-3)22(19(12-16)27-4)31(10,15-30(7,8)9)23-20(28-5)13-17(25-2)14-21(23)29-6/h2*11-14H,15H2,1-10H3. The zero-order valence-electron chi connectivity index (χ0n) is 40.9. The number of ether oxygens (including phenoxy) is 12. The van der Waals surface area contributed by atoms with Crippen LogP contribution in [-0.2, 0) is 0 Å². The third kappa shape index (κ3) is 11.5. The summed E-state index contributed by atoms with van der Waals surface area (Å²) in [4.78, 5) is 0. The topological polar surface area (TPSA) is 111 Å². The third-order valence-electron chi connectivity index (χ3n) is 10.8. The van der Waals surface area contributed by atoms with Crippen molar-refractivity contribution in [1.82, 2.24) is 0 Å². The van der Waals surface area contributed by atoms with Gasteiger partial charge in [0.05, 0.1) is 85.3 Å². The van der Waals surface area contributed by atoms with Crippen LogP contribution in [0.2, 0.25) is 63.7 Å². The molecular formula is C46H72O12Si4.